The van der Waals surface area contributed by atoms with E-state index >= 15 is 0 Å². The van der Waals surface area contributed by atoms with Gasteiger partial charge in [-0.1, -0.05) is 42.0 Å². The van der Waals surface area contributed by atoms with Crippen LogP contribution in [0.4, 0.5) is 4.39 Å². The molecule has 0 fully saturated rings. The zero-order valence-corrected chi connectivity index (χ0v) is 16.7. The summed E-state index contributed by atoms with van der Waals surface area (Å²) in [6.07, 6.45) is 0.328. The summed E-state index contributed by atoms with van der Waals surface area (Å²) in [6.45, 7) is 3.22. The average molecular weight is 400 g/mol. The van der Waals surface area contributed by atoms with Gasteiger partial charge in [-0.15, -0.1) is 0 Å². The van der Waals surface area contributed by atoms with Gasteiger partial charge in [0.1, 0.15) is 17.9 Å². The van der Waals surface area contributed by atoms with Crippen molar-refractivity contribution in [3.63, 3.8) is 0 Å². The molecule has 0 aliphatic rings. The molecular formula is C22H25FN2O4. The van der Waals surface area contributed by atoms with Crippen LogP contribution in [0.3, 0.4) is 0 Å². The molecule has 0 spiro atoms. The number of ether oxygens (including phenoxy) is 1. The maximum Gasteiger partial charge on any atom is 0.328 e. The predicted octanol–water partition coefficient (Wildman–Crippen LogP) is 2.08. The average Bonchev–Trinajstić information content (AvgIpc) is 2.66. The molecule has 0 heterocycles. The Hall–Kier alpha value is -3.22. The van der Waals surface area contributed by atoms with Gasteiger partial charge >= 0.3 is 5.97 Å². The summed E-state index contributed by atoms with van der Waals surface area (Å²) in [5.41, 5.74) is 2.44. The van der Waals surface area contributed by atoms with Crippen LogP contribution in [-0.2, 0) is 32.0 Å². The molecule has 2 amide bonds. The van der Waals surface area contributed by atoms with E-state index in [1.54, 1.807) is 6.07 Å². The van der Waals surface area contributed by atoms with Gasteiger partial charge < -0.3 is 15.4 Å². The molecule has 7 heteroatoms. The normalized spacial score (nSPS) is 12.6. The van der Waals surface area contributed by atoms with E-state index in [4.69, 9.17) is 4.74 Å². The topological polar surface area (TPSA) is 84.5 Å². The molecule has 6 nitrogen and oxygen atoms in total. The molecule has 0 radical (unpaired) electrons. The molecule has 0 bridgehead atoms. The second kappa shape index (κ2) is 10.4. The molecule has 0 aliphatic heterocycles. The van der Waals surface area contributed by atoms with Gasteiger partial charge in [0.15, 0.2) is 0 Å². The minimum Gasteiger partial charge on any atom is -0.467 e. The fourth-order valence-electron chi connectivity index (χ4n) is 3.04. The number of benzene rings is 2. The lowest BCUT2D eigenvalue weighted by molar-refractivity contribution is -0.145. The second-order valence-corrected chi connectivity index (χ2v) is 6.86. The number of amides is 2. The predicted molar refractivity (Wildman–Crippen MR) is 107 cm³/mol. The third kappa shape index (κ3) is 7.03. The Morgan fingerprint density at radius 3 is 2.17 bits per heavy atom. The number of carbonyl (C=O) groups excluding carboxylic acids is 3. The first-order chi connectivity index (χ1) is 13.8. The van der Waals surface area contributed by atoms with Crippen LogP contribution in [0.1, 0.15) is 23.6 Å². The molecule has 0 aliphatic carbocycles. The Morgan fingerprint density at radius 2 is 1.59 bits per heavy atom. The van der Waals surface area contributed by atoms with E-state index in [0.29, 0.717) is 5.56 Å². The molecule has 29 heavy (non-hydrogen) atoms. The van der Waals surface area contributed by atoms with Crippen LogP contribution >= 0.6 is 0 Å². The number of esters is 1. The number of hydrogen-bond donors (Lipinski definition) is 2. The highest BCUT2D eigenvalue weighted by molar-refractivity contribution is 5.90. The van der Waals surface area contributed by atoms with Gasteiger partial charge in [-0.3, -0.25) is 9.59 Å². The molecule has 2 atom stereocenters. The van der Waals surface area contributed by atoms with Crippen molar-refractivity contribution < 1.29 is 23.5 Å². The smallest absolute Gasteiger partial charge is 0.328 e. The first-order valence-corrected chi connectivity index (χ1v) is 9.23. The maximum atomic E-state index is 13.5. The van der Waals surface area contributed by atoms with Crippen LogP contribution in [0, 0.1) is 12.7 Å². The number of rotatable bonds is 8. The molecule has 2 N–H and O–H groups in total. The molecule has 0 saturated heterocycles. The van der Waals surface area contributed by atoms with Crippen molar-refractivity contribution in [3.8, 4) is 0 Å². The maximum absolute atomic E-state index is 13.5. The largest absolute Gasteiger partial charge is 0.467 e. The minimum atomic E-state index is -0.959. The lowest BCUT2D eigenvalue weighted by atomic mass is 10.0. The molecule has 154 valence electrons. The monoisotopic (exact) mass is 400 g/mol. The number of nitrogens with one attached hydrogen (secondary N) is 2. The van der Waals surface area contributed by atoms with E-state index in [-0.39, 0.29) is 12.8 Å². The number of carbonyl (C=O) groups is 3. The van der Waals surface area contributed by atoms with Gasteiger partial charge in [0, 0.05) is 19.8 Å². The Kier molecular flexibility index (Phi) is 7.88. The van der Waals surface area contributed by atoms with Crippen LogP contribution < -0.4 is 10.6 Å². The van der Waals surface area contributed by atoms with Crippen molar-refractivity contribution in [2.45, 2.75) is 38.8 Å². The van der Waals surface area contributed by atoms with Gasteiger partial charge in [-0.05, 0) is 30.2 Å². The standard InChI is InChI=1S/C22H25FN2O4/c1-14-6-4-7-16(10-14)13-20(22(28)29-3)25-21(27)19(24-15(2)26)12-17-8-5-9-18(23)11-17/h4-11,19-20H,12-13H2,1-3H3,(H,24,26)(H,25,27)/t19-,20-/m1/s1. The summed E-state index contributed by atoms with van der Waals surface area (Å²) in [5, 5.41) is 5.21. The summed E-state index contributed by atoms with van der Waals surface area (Å²) < 4.78 is 18.3. The van der Waals surface area contributed by atoms with Crippen LogP contribution in [0.25, 0.3) is 0 Å². The van der Waals surface area contributed by atoms with Crippen LogP contribution in [0.15, 0.2) is 48.5 Å². The zero-order chi connectivity index (χ0) is 21.4. The van der Waals surface area contributed by atoms with Crippen LogP contribution in [0.5, 0.6) is 0 Å². The molecule has 0 saturated carbocycles. The van der Waals surface area contributed by atoms with Crippen molar-refractivity contribution >= 4 is 17.8 Å². The number of hydrogen-bond acceptors (Lipinski definition) is 4. The van der Waals surface area contributed by atoms with Gasteiger partial charge in [0.2, 0.25) is 11.8 Å². The van der Waals surface area contributed by atoms with Gasteiger partial charge in [0.05, 0.1) is 7.11 Å². The van der Waals surface area contributed by atoms with E-state index in [0.717, 1.165) is 11.1 Å². The Morgan fingerprint density at radius 1 is 0.966 bits per heavy atom. The van der Waals surface area contributed by atoms with Crippen molar-refractivity contribution in [2.75, 3.05) is 7.11 Å². The SMILES string of the molecule is COC(=O)[C@@H](Cc1cccc(C)c1)NC(=O)[C@@H](Cc1cccc(F)c1)NC(C)=O. The molecule has 0 aromatic heterocycles. The third-order valence-electron chi connectivity index (χ3n) is 4.35. The van der Waals surface area contributed by atoms with Gasteiger partial charge in [0.25, 0.3) is 0 Å². The van der Waals surface area contributed by atoms with E-state index in [1.165, 1.54) is 32.2 Å². The van der Waals surface area contributed by atoms with Crippen molar-refractivity contribution in [3.05, 3.63) is 71.0 Å². The molecular weight excluding hydrogens is 375 g/mol. The fraction of sp³-hybridized carbons (Fsp3) is 0.318. The van der Waals surface area contributed by atoms with E-state index in [2.05, 4.69) is 10.6 Å². The van der Waals surface area contributed by atoms with Crippen LogP contribution in [-0.4, -0.2) is 37.0 Å². The molecule has 2 aromatic carbocycles. The van der Waals surface area contributed by atoms with E-state index < -0.39 is 35.7 Å². The lowest BCUT2D eigenvalue weighted by Crippen LogP contribution is -2.53. The first-order valence-electron chi connectivity index (χ1n) is 9.23. The highest BCUT2D eigenvalue weighted by atomic mass is 19.1. The Balaban J connectivity index is 2.17. The quantitative estimate of drug-likeness (QED) is 0.665. The summed E-state index contributed by atoms with van der Waals surface area (Å²) in [6, 6.07) is 11.5. The third-order valence-corrected chi connectivity index (χ3v) is 4.35. The second-order valence-electron chi connectivity index (χ2n) is 6.86. The van der Waals surface area contributed by atoms with E-state index in [1.807, 2.05) is 31.2 Å². The number of halogens is 1. The lowest BCUT2D eigenvalue weighted by Gasteiger charge is -2.22. The highest BCUT2D eigenvalue weighted by Gasteiger charge is 2.27. The minimum absolute atomic E-state index is 0.0848. The Bertz CT molecular complexity index is 885. The summed E-state index contributed by atoms with van der Waals surface area (Å²) in [4.78, 5) is 36.6. The molecule has 2 aromatic rings. The van der Waals surface area contributed by atoms with Gasteiger partial charge in [-0.25, -0.2) is 9.18 Å². The molecule has 2 rings (SSSR count). The van der Waals surface area contributed by atoms with Crippen molar-refractivity contribution in [2.24, 2.45) is 0 Å². The first kappa shape index (κ1) is 22.1. The number of methoxy groups -OCH3 is 1. The Labute approximate surface area is 169 Å². The van der Waals surface area contributed by atoms with Crippen LogP contribution in [0.2, 0.25) is 0 Å². The zero-order valence-electron chi connectivity index (χ0n) is 16.7. The summed E-state index contributed by atoms with van der Waals surface area (Å²) >= 11 is 0. The van der Waals surface area contributed by atoms with Crippen molar-refractivity contribution in [1.82, 2.24) is 10.6 Å². The van der Waals surface area contributed by atoms with Crippen molar-refractivity contribution in [1.29, 1.82) is 0 Å². The summed E-state index contributed by atoms with van der Waals surface area (Å²) in [7, 11) is 1.25. The summed E-state index contributed by atoms with van der Waals surface area (Å²) in [5.74, 6) is -1.98. The fourth-order valence-corrected chi connectivity index (χ4v) is 3.04. The van der Waals surface area contributed by atoms with E-state index in [9.17, 15) is 18.8 Å². The highest BCUT2D eigenvalue weighted by Crippen LogP contribution is 2.10. The molecule has 0 unspecified atom stereocenters. The van der Waals surface area contributed by atoms with Gasteiger partial charge in [-0.2, -0.15) is 0 Å². The number of aryl methyl sites for hydroxylation is 1.